The minimum Gasteiger partial charge on any atom is -0.380 e. The van der Waals surface area contributed by atoms with E-state index in [-0.39, 0.29) is 17.4 Å². The third-order valence-electron chi connectivity index (χ3n) is 7.02. The molecule has 1 saturated heterocycles. The molecular weight excluding hydrogens is 490 g/mol. The quantitative estimate of drug-likeness (QED) is 0.361. The Bertz CT molecular complexity index is 1820. The number of hydrogen-bond donors (Lipinski definition) is 1. The Kier molecular flexibility index (Phi) is 6.43. The maximum absolute atomic E-state index is 14.1. The molecule has 0 radical (unpaired) electrons. The number of hydrogen-bond acceptors (Lipinski definition) is 5. The summed E-state index contributed by atoms with van der Waals surface area (Å²) in [5, 5.41) is 8.81. The van der Waals surface area contributed by atoms with Gasteiger partial charge < -0.3 is 10.1 Å². The van der Waals surface area contributed by atoms with Crippen LogP contribution in [-0.2, 0) is 4.74 Å². The highest BCUT2D eigenvalue weighted by Crippen LogP contribution is 2.24. The topological polar surface area (TPSA) is 90.5 Å². The van der Waals surface area contributed by atoms with Gasteiger partial charge >= 0.3 is 0 Å². The number of amides is 1. The van der Waals surface area contributed by atoms with E-state index in [1.54, 1.807) is 34.5 Å². The van der Waals surface area contributed by atoms with Gasteiger partial charge in [-0.05, 0) is 56.0 Å². The van der Waals surface area contributed by atoms with Crippen LogP contribution >= 0.6 is 0 Å². The number of aryl methyl sites for hydroxylation is 1. The van der Waals surface area contributed by atoms with Gasteiger partial charge in [-0.1, -0.05) is 42.2 Å². The molecule has 4 heterocycles. The zero-order valence-corrected chi connectivity index (χ0v) is 21.7. The van der Waals surface area contributed by atoms with Gasteiger partial charge in [0.25, 0.3) is 11.5 Å². The number of ether oxygens (including phenoxy) is 1. The van der Waals surface area contributed by atoms with E-state index in [1.165, 1.54) is 0 Å². The van der Waals surface area contributed by atoms with Crippen molar-refractivity contribution >= 4 is 22.3 Å². The highest BCUT2D eigenvalue weighted by atomic mass is 16.5. The summed E-state index contributed by atoms with van der Waals surface area (Å²) in [4.78, 5) is 32.0. The lowest BCUT2D eigenvalue weighted by molar-refractivity contribution is 0.0939. The first-order valence-corrected chi connectivity index (χ1v) is 13.0. The van der Waals surface area contributed by atoms with Crippen LogP contribution in [0.2, 0.25) is 0 Å². The molecule has 194 valence electrons. The van der Waals surface area contributed by atoms with Crippen molar-refractivity contribution in [2.24, 2.45) is 5.92 Å². The molecule has 5 aromatic rings. The molecule has 39 heavy (non-hydrogen) atoms. The molecule has 0 saturated carbocycles. The van der Waals surface area contributed by atoms with Crippen LogP contribution in [0.1, 0.15) is 46.7 Å². The van der Waals surface area contributed by atoms with E-state index in [1.807, 2.05) is 61.5 Å². The lowest BCUT2D eigenvalue weighted by Gasteiger charge is -2.21. The summed E-state index contributed by atoms with van der Waals surface area (Å²) in [5.41, 5.74) is 3.33. The molecule has 1 N–H and O–H groups in total. The molecule has 8 heteroatoms. The molecular formula is C31H27N5O3. The fraction of sp³-hybridized carbons (Fsp3) is 0.226. The van der Waals surface area contributed by atoms with E-state index in [0.717, 1.165) is 11.8 Å². The first-order chi connectivity index (χ1) is 19.0. The Morgan fingerprint density at radius 2 is 2.00 bits per heavy atom. The molecule has 0 aliphatic carbocycles. The molecule has 1 fully saturated rings. The highest BCUT2D eigenvalue weighted by Gasteiger charge is 2.23. The van der Waals surface area contributed by atoms with Gasteiger partial charge in [0.15, 0.2) is 5.65 Å². The van der Waals surface area contributed by atoms with Gasteiger partial charge in [0.05, 0.1) is 23.7 Å². The summed E-state index contributed by atoms with van der Waals surface area (Å²) >= 11 is 0. The average Bonchev–Trinajstić information content (AvgIpc) is 3.59. The van der Waals surface area contributed by atoms with Gasteiger partial charge in [-0.3, -0.25) is 14.2 Å². The molecule has 2 aromatic carbocycles. The van der Waals surface area contributed by atoms with Crippen LogP contribution in [0.25, 0.3) is 22.1 Å². The maximum atomic E-state index is 14.1. The second-order valence-electron chi connectivity index (χ2n) is 9.69. The number of nitrogens with one attached hydrogen (secondary N) is 1. The summed E-state index contributed by atoms with van der Waals surface area (Å²) in [7, 11) is 0. The Hall–Kier alpha value is -4.74. The number of rotatable bonds is 4. The molecule has 2 atom stereocenters. The van der Waals surface area contributed by atoms with Crippen molar-refractivity contribution in [2.75, 3.05) is 13.2 Å². The van der Waals surface area contributed by atoms with Gasteiger partial charge in [-0.2, -0.15) is 5.10 Å². The number of carbonyl (C=O) groups is 1. The summed E-state index contributed by atoms with van der Waals surface area (Å²) in [6, 6.07) is 18.4. The lowest BCUT2D eigenvalue weighted by atomic mass is 10.0. The molecule has 0 bridgehead atoms. The van der Waals surface area contributed by atoms with Crippen molar-refractivity contribution in [3.8, 4) is 17.5 Å². The number of carbonyl (C=O) groups excluding carboxylic acids is 1. The molecule has 6 rings (SSSR count). The largest absolute Gasteiger partial charge is 0.380 e. The van der Waals surface area contributed by atoms with Gasteiger partial charge in [-0.15, -0.1) is 0 Å². The zero-order chi connectivity index (χ0) is 26.9. The maximum Gasteiger partial charge on any atom is 0.264 e. The Morgan fingerprint density at radius 3 is 2.79 bits per heavy atom. The van der Waals surface area contributed by atoms with Crippen LogP contribution in [0.4, 0.5) is 0 Å². The van der Waals surface area contributed by atoms with Gasteiger partial charge in [-0.25, -0.2) is 9.50 Å². The summed E-state index contributed by atoms with van der Waals surface area (Å²) in [6.45, 7) is 4.99. The number of pyridine rings is 1. The van der Waals surface area contributed by atoms with Crippen molar-refractivity contribution in [2.45, 2.75) is 26.3 Å². The Balaban J connectivity index is 1.46. The van der Waals surface area contributed by atoms with E-state index in [4.69, 9.17) is 4.74 Å². The van der Waals surface area contributed by atoms with Gasteiger partial charge in [0.1, 0.15) is 5.56 Å². The number of para-hydroxylation sites is 1. The summed E-state index contributed by atoms with van der Waals surface area (Å²) in [6.07, 6.45) is 4.29. The third kappa shape index (κ3) is 4.58. The minimum absolute atomic E-state index is 0.170. The summed E-state index contributed by atoms with van der Waals surface area (Å²) < 4.78 is 8.71. The van der Waals surface area contributed by atoms with Crippen molar-refractivity contribution in [1.29, 1.82) is 0 Å². The molecule has 8 nitrogen and oxygen atoms in total. The molecule has 0 spiro atoms. The van der Waals surface area contributed by atoms with Crippen LogP contribution in [0.3, 0.4) is 0 Å². The molecule has 1 aliphatic rings. The zero-order valence-electron chi connectivity index (χ0n) is 21.7. The lowest BCUT2D eigenvalue weighted by Crippen LogP contribution is -2.32. The van der Waals surface area contributed by atoms with E-state index < -0.39 is 6.04 Å². The normalized spacial score (nSPS) is 15.7. The third-order valence-corrected chi connectivity index (χ3v) is 7.02. The van der Waals surface area contributed by atoms with E-state index >= 15 is 0 Å². The first-order valence-electron chi connectivity index (χ1n) is 13.0. The standard InChI is InChI=1S/C31H27N5O3/c1-20(33-30(37)27-21(2)34-35-16-7-15-32-29(27)35)26-18-24-9-6-8-23(13-12-22-14-17-39-19-22)28(24)31(38)36(26)25-10-4-3-5-11-25/h3-11,15-16,18,20,22H,14,17,19H2,1-2H3,(H,33,37). The molecule has 3 aromatic heterocycles. The smallest absolute Gasteiger partial charge is 0.264 e. The SMILES string of the molecule is Cc1nn2cccnc2c1C(=O)NC(C)c1cc2cccc(C#CC3CCOC3)c2c(=O)n1-c1ccccc1. The fourth-order valence-electron chi connectivity index (χ4n) is 5.08. The average molecular weight is 518 g/mol. The number of fused-ring (bicyclic) bond motifs is 2. The second-order valence-corrected chi connectivity index (χ2v) is 9.69. The van der Waals surface area contributed by atoms with Gasteiger partial charge in [0, 0.05) is 41.9 Å². The van der Waals surface area contributed by atoms with Crippen molar-refractivity contribution < 1.29 is 9.53 Å². The van der Waals surface area contributed by atoms with Crippen molar-refractivity contribution in [3.05, 3.63) is 106 Å². The monoisotopic (exact) mass is 517 g/mol. The minimum atomic E-state index is -0.502. The number of nitrogens with zero attached hydrogens (tertiary/aromatic N) is 4. The van der Waals surface area contributed by atoms with Crippen LogP contribution in [0.15, 0.2) is 77.9 Å². The summed E-state index contributed by atoms with van der Waals surface area (Å²) in [5.74, 6) is 6.39. The molecule has 1 amide bonds. The molecule has 1 aliphatic heterocycles. The second kappa shape index (κ2) is 10.2. The predicted molar refractivity (Wildman–Crippen MR) is 149 cm³/mol. The van der Waals surface area contributed by atoms with E-state index in [9.17, 15) is 9.59 Å². The van der Waals surface area contributed by atoms with Gasteiger partial charge in [0.2, 0.25) is 0 Å². The van der Waals surface area contributed by atoms with Crippen LogP contribution < -0.4 is 10.9 Å². The Labute approximate surface area is 225 Å². The highest BCUT2D eigenvalue weighted by molar-refractivity contribution is 6.01. The van der Waals surface area contributed by atoms with E-state index in [2.05, 4.69) is 27.2 Å². The number of benzene rings is 2. The first kappa shape index (κ1) is 24.6. The molecule has 2 unspecified atom stereocenters. The predicted octanol–water partition coefficient (Wildman–Crippen LogP) is 4.22. The van der Waals surface area contributed by atoms with Crippen LogP contribution in [0, 0.1) is 24.7 Å². The van der Waals surface area contributed by atoms with Crippen LogP contribution in [0.5, 0.6) is 0 Å². The Morgan fingerprint density at radius 1 is 1.15 bits per heavy atom. The van der Waals surface area contributed by atoms with Crippen molar-refractivity contribution in [1.82, 2.24) is 24.5 Å². The van der Waals surface area contributed by atoms with Crippen molar-refractivity contribution in [3.63, 3.8) is 0 Å². The number of aromatic nitrogens is 4. The fourth-order valence-corrected chi connectivity index (χ4v) is 5.08. The van der Waals surface area contributed by atoms with E-state index in [0.29, 0.717) is 52.4 Å². The van der Waals surface area contributed by atoms with Crippen LogP contribution in [-0.4, -0.2) is 38.3 Å².